The quantitative estimate of drug-likeness (QED) is 0.0679. The largest absolute Gasteiger partial charge is 0.460 e. The smallest absolute Gasteiger partial charge is 0.338 e. The summed E-state index contributed by atoms with van der Waals surface area (Å²) in [5.41, 5.74) is 1.50. The summed E-state index contributed by atoms with van der Waals surface area (Å²) in [6, 6.07) is 7.26. The highest BCUT2D eigenvalue weighted by molar-refractivity contribution is 6.12. The number of esters is 1. The Labute approximate surface area is 277 Å². The highest BCUT2D eigenvalue weighted by Crippen LogP contribution is 2.11. The fourth-order valence-corrected chi connectivity index (χ4v) is 3.86. The van der Waals surface area contributed by atoms with Crippen LogP contribution in [0.4, 0.5) is 5.69 Å². The standard InChI is InChI=1S/C33H52N2O12/c1-2-3-10-34-30-6-4-29(5-7-30)33(38)47-28-27-46-26-25-45-24-23-44-22-21-43-20-19-42-18-17-41-16-15-40-14-13-39-12-11-35-31(36)8-9-32(35)37/h4-9,34H,2-3,10-28H2,1H3. The van der Waals surface area contributed by atoms with Crippen LogP contribution in [-0.4, -0.2) is 148 Å². The normalized spacial score (nSPS) is 12.7. The summed E-state index contributed by atoms with van der Waals surface area (Å²) < 4.78 is 48.7. The number of benzene rings is 1. The molecule has 2 rings (SSSR count). The number of amides is 2. The third-order valence-electron chi connectivity index (χ3n) is 6.40. The molecule has 0 fully saturated rings. The van der Waals surface area contributed by atoms with Gasteiger partial charge < -0.3 is 47.9 Å². The SMILES string of the molecule is CCCCNc1ccc(C(=O)OCCOCCOCCOCCOCCOCCOCCOCCOCCN2C(=O)C=CC2=O)cc1. The van der Waals surface area contributed by atoms with Gasteiger partial charge in [0.25, 0.3) is 11.8 Å². The van der Waals surface area contributed by atoms with E-state index in [4.69, 9.17) is 42.6 Å². The number of rotatable bonds is 32. The fraction of sp³-hybridized carbons (Fsp3) is 0.667. The summed E-state index contributed by atoms with van der Waals surface area (Å²) in [6.45, 7) is 10.2. The molecule has 0 spiro atoms. The molecule has 0 aromatic heterocycles. The molecule has 1 aliphatic rings. The van der Waals surface area contributed by atoms with Gasteiger partial charge in [-0.3, -0.25) is 14.5 Å². The summed E-state index contributed by atoms with van der Waals surface area (Å²) >= 11 is 0. The number of imide groups is 1. The van der Waals surface area contributed by atoms with E-state index < -0.39 is 0 Å². The van der Waals surface area contributed by atoms with E-state index in [0.717, 1.165) is 30.0 Å². The lowest BCUT2D eigenvalue weighted by molar-refractivity contribution is -0.137. The van der Waals surface area contributed by atoms with E-state index in [1.807, 2.05) is 12.1 Å². The molecule has 266 valence electrons. The van der Waals surface area contributed by atoms with E-state index in [9.17, 15) is 14.4 Å². The fourth-order valence-electron chi connectivity index (χ4n) is 3.86. The van der Waals surface area contributed by atoms with E-state index in [-0.39, 0.29) is 37.5 Å². The molecule has 1 heterocycles. The first-order chi connectivity index (χ1) is 23.1. The number of hydrogen-bond donors (Lipinski definition) is 1. The molecule has 0 aliphatic carbocycles. The Kier molecular flexibility index (Phi) is 24.0. The highest BCUT2D eigenvalue weighted by Gasteiger charge is 2.22. The maximum Gasteiger partial charge on any atom is 0.338 e. The number of nitrogens with zero attached hydrogens (tertiary/aromatic N) is 1. The van der Waals surface area contributed by atoms with Crippen LogP contribution >= 0.6 is 0 Å². The average molecular weight is 669 g/mol. The predicted molar refractivity (Wildman–Crippen MR) is 173 cm³/mol. The van der Waals surface area contributed by atoms with Crippen LogP contribution in [0.15, 0.2) is 36.4 Å². The Morgan fingerprint density at radius 1 is 0.574 bits per heavy atom. The average Bonchev–Trinajstić information content (AvgIpc) is 3.40. The van der Waals surface area contributed by atoms with Crippen LogP contribution in [0.25, 0.3) is 0 Å². The molecule has 0 radical (unpaired) electrons. The third-order valence-corrected chi connectivity index (χ3v) is 6.40. The Hall–Kier alpha value is -2.95. The second-order valence-corrected chi connectivity index (χ2v) is 10.1. The zero-order valence-electron chi connectivity index (χ0n) is 27.7. The van der Waals surface area contributed by atoms with E-state index in [0.29, 0.717) is 105 Å². The van der Waals surface area contributed by atoms with Gasteiger partial charge in [0.2, 0.25) is 0 Å². The molecule has 47 heavy (non-hydrogen) atoms. The van der Waals surface area contributed by atoms with Crippen molar-refractivity contribution >= 4 is 23.5 Å². The van der Waals surface area contributed by atoms with Gasteiger partial charge in [-0.05, 0) is 30.7 Å². The highest BCUT2D eigenvalue weighted by atomic mass is 16.6. The van der Waals surface area contributed by atoms with Gasteiger partial charge in [-0.1, -0.05) is 13.3 Å². The van der Waals surface area contributed by atoms with Crippen LogP contribution in [0.2, 0.25) is 0 Å². The van der Waals surface area contributed by atoms with E-state index in [2.05, 4.69) is 12.2 Å². The molecule has 0 unspecified atom stereocenters. The van der Waals surface area contributed by atoms with Gasteiger partial charge in [0, 0.05) is 24.4 Å². The number of ether oxygens (including phenoxy) is 9. The maximum absolute atomic E-state index is 12.1. The first kappa shape index (κ1) is 40.2. The van der Waals surface area contributed by atoms with Crippen LogP contribution in [0, 0.1) is 0 Å². The van der Waals surface area contributed by atoms with Crippen LogP contribution < -0.4 is 5.32 Å². The Morgan fingerprint density at radius 3 is 1.36 bits per heavy atom. The van der Waals surface area contributed by atoms with Crippen molar-refractivity contribution in [2.24, 2.45) is 0 Å². The summed E-state index contributed by atoms with van der Waals surface area (Å²) in [4.78, 5) is 36.0. The van der Waals surface area contributed by atoms with Gasteiger partial charge in [0.1, 0.15) is 6.61 Å². The molecule has 14 heteroatoms. The summed E-state index contributed by atoms with van der Waals surface area (Å²) in [7, 11) is 0. The van der Waals surface area contributed by atoms with Crippen molar-refractivity contribution in [1.82, 2.24) is 4.90 Å². The lowest BCUT2D eigenvalue weighted by Crippen LogP contribution is -2.33. The van der Waals surface area contributed by atoms with Crippen molar-refractivity contribution in [3.8, 4) is 0 Å². The second-order valence-electron chi connectivity index (χ2n) is 10.1. The van der Waals surface area contributed by atoms with Crippen LogP contribution in [-0.2, 0) is 52.2 Å². The minimum atomic E-state index is -0.368. The zero-order valence-corrected chi connectivity index (χ0v) is 27.7. The van der Waals surface area contributed by atoms with Gasteiger partial charge in [0.15, 0.2) is 0 Å². The second kappa shape index (κ2) is 28.1. The summed E-state index contributed by atoms with van der Waals surface area (Å²) in [5, 5.41) is 3.31. The molecule has 14 nitrogen and oxygen atoms in total. The molecule has 0 atom stereocenters. The first-order valence-electron chi connectivity index (χ1n) is 16.3. The van der Waals surface area contributed by atoms with Crippen LogP contribution in [0.3, 0.4) is 0 Å². The van der Waals surface area contributed by atoms with Crippen molar-refractivity contribution in [3.05, 3.63) is 42.0 Å². The molecule has 0 saturated heterocycles. The Morgan fingerprint density at radius 2 is 0.957 bits per heavy atom. The van der Waals surface area contributed by atoms with Gasteiger partial charge in [-0.25, -0.2) is 4.79 Å². The van der Waals surface area contributed by atoms with Crippen LogP contribution in [0.1, 0.15) is 30.1 Å². The lowest BCUT2D eigenvalue weighted by Gasteiger charge is -2.13. The monoisotopic (exact) mass is 668 g/mol. The minimum Gasteiger partial charge on any atom is -0.460 e. The number of unbranched alkanes of at least 4 members (excludes halogenated alkanes) is 1. The van der Waals surface area contributed by atoms with E-state index in [1.165, 1.54) is 12.2 Å². The van der Waals surface area contributed by atoms with Crippen molar-refractivity contribution in [2.45, 2.75) is 19.8 Å². The Bertz CT molecular complexity index is 974. The van der Waals surface area contributed by atoms with Gasteiger partial charge in [-0.2, -0.15) is 0 Å². The molecule has 0 bridgehead atoms. The van der Waals surface area contributed by atoms with Gasteiger partial charge in [0.05, 0.1) is 118 Å². The minimum absolute atomic E-state index is 0.182. The first-order valence-corrected chi connectivity index (χ1v) is 16.3. The molecule has 1 N–H and O–H groups in total. The molecule has 1 aromatic rings. The summed E-state index contributed by atoms with van der Waals surface area (Å²) in [5.74, 6) is -0.988. The zero-order chi connectivity index (χ0) is 33.6. The van der Waals surface area contributed by atoms with Crippen molar-refractivity contribution in [1.29, 1.82) is 0 Å². The molecule has 1 aromatic carbocycles. The topological polar surface area (TPSA) is 150 Å². The molecule has 0 saturated carbocycles. The molecule has 2 amide bonds. The molecular weight excluding hydrogens is 616 g/mol. The van der Waals surface area contributed by atoms with Crippen molar-refractivity contribution in [2.75, 3.05) is 131 Å². The molecule has 1 aliphatic heterocycles. The number of nitrogens with one attached hydrogen (secondary N) is 1. The number of carbonyl (C=O) groups is 3. The van der Waals surface area contributed by atoms with Gasteiger partial charge >= 0.3 is 5.97 Å². The third kappa shape index (κ3) is 20.8. The number of carbonyl (C=O) groups excluding carboxylic acids is 3. The Balaban J connectivity index is 1.21. The predicted octanol–water partition coefficient (Wildman–Crippen LogP) is 2.11. The van der Waals surface area contributed by atoms with E-state index >= 15 is 0 Å². The van der Waals surface area contributed by atoms with Crippen molar-refractivity contribution < 1.29 is 57.0 Å². The van der Waals surface area contributed by atoms with Crippen LogP contribution in [0.5, 0.6) is 0 Å². The maximum atomic E-state index is 12.1. The number of hydrogen-bond acceptors (Lipinski definition) is 13. The lowest BCUT2D eigenvalue weighted by atomic mass is 10.2. The van der Waals surface area contributed by atoms with Gasteiger partial charge in [-0.15, -0.1) is 0 Å². The molecular formula is C33H52N2O12. The summed E-state index contributed by atoms with van der Waals surface area (Å²) in [6.07, 6.45) is 4.74. The van der Waals surface area contributed by atoms with E-state index in [1.54, 1.807) is 12.1 Å². The van der Waals surface area contributed by atoms with Crippen molar-refractivity contribution in [3.63, 3.8) is 0 Å². The number of anilines is 1.